The van der Waals surface area contributed by atoms with Gasteiger partial charge in [0.15, 0.2) is 0 Å². The second-order valence-electron chi connectivity index (χ2n) is 3.22. The quantitative estimate of drug-likeness (QED) is 0.835. The Kier molecular flexibility index (Phi) is 6.11. The number of amides is 1. The van der Waals surface area contributed by atoms with Crippen molar-refractivity contribution in [2.75, 3.05) is 19.8 Å². The second-order valence-corrected chi connectivity index (χ2v) is 4.01. The van der Waals surface area contributed by atoms with E-state index in [0.717, 1.165) is 0 Å². The topological polar surface area (TPSA) is 58.6 Å². The minimum atomic E-state index is -0.183. The van der Waals surface area contributed by atoms with E-state index in [9.17, 15) is 4.79 Å². The van der Waals surface area contributed by atoms with Gasteiger partial charge in [-0.05, 0) is 12.1 Å². The lowest BCUT2D eigenvalue weighted by Gasteiger charge is -2.08. The maximum Gasteiger partial charge on any atom is 0.223 e. The number of aliphatic hydroxyl groups is 1. The van der Waals surface area contributed by atoms with Crippen LogP contribution in [0.3, 0.4) is 0 Å². The zero-order valence-electron chi connectivity index (χ0n) is 9.08. The number of rotatable bonds is 6. The Morgan fingerprint density at radius 3 is 2.88 bits per heavy atom. The number of nitrogens with one attached hydrogen (secondary N) is 1. The first-order chi connectivity index (χ1) is 8.15. The zero-order chi connectivity index (χ0) is 12.7. The molecule has 1 rings (SSSR count). The molecule has 0 aliphatic rings. The second kappa shape index (κ2) is 7.37. The van der Waals surface area contributed by atoms with Crippen LogP contribution in [0.2, 0.25) is 10.0 Å². The Labute approximate surface area is 109 Å². The van der Waals surface area contributed by atoms with Crippen molar-refractivity contribution >= 4 is 29.1 Å². The fourth-order valence-electron chi connectivity index (χ4n) is 1.13. The van der Waals surface area contributed by atoms with Gasteiger partial charge in [0.25, 0.3) is 0 Å². The third-order valence-corrected chi connectivity index (χ3v) is 2.74. The van der Waals surface area contributed by atoms with E-state index in [1.54, 1.807) is 18.2 Å². The molecular weight excluding hydrogens is 265 g/mol. The predicted octanol–water partition coefficient (Wildman–Crippen LogP) is 1.87. The summed E-state index contributed by atoms with van der Waals surface area (Å²) in [6.45, 7) is 0.376. The summed E-state index contributed by atoms with van der Waals surface area (Å²) in [5.41, 5.74) is 0. The van der Waals surface area contributed by atoms with E-state index >= 15 is 0 Å². The smallest absolute Gasteiger partial charge is 0.223 e. The summed E-state index contributed by atoms with van der Waals surface area (Å²) in [6.07, 6.45) is 0.197. The maximum absolute atomic E-state index is 11.2. The SMILES string of the molecule is O=C(CCOc1cccc(Cl)c1Cl)NCCO. The van der Waals surface area contributed by atoms with Crippen molar-refractivity contribution in [2.24, 2.45) is 0 Å². The Bertz CT molecular complexity index is 385. The van der Waals surface area contributed by atoms with E-state index in [1.165, 1.54) is 0 Å². The van der Waals surface area contributed by atoms with E-state index in [0.29, 0.717) is 15.8 Å². The lowest BCUT2D eigenvalue weighted by atomic mass is 10.3. The summed E-state index contributed by atoms with van der Waals surface area (Å²) in [7, 11) is 0. The molecule has 0 aromatic heterocycles. The van der Waals surface area contributed by atoms with E-state index in [4.69, 9.17) is 33.0 Å². The molecule has 1 amide bonds. The zero-order valence-corrected chi connectivity index (χ0v) is 10.6. The molecule has 4 nitrogen and oxygen atoms in total. The van der Waals surface area contributed by atoms with Gasteiger partial charge in [-0.3, -0.25) is 4.79 Å². The number of aliphatic hydroxyl groups excluding tert-OH is 1. The lowest BCUT2D eigenvalue weighted by Crippen LogP contribution is -2.27. The van der Waals surface area contributed by atoms with Crippen molar-refractivity contribution in [3.63, 3.8) is 0 Å². The Hall–Kier alpha value is -0.970. The van der Waals surface area contributed by atoms with Crippen molar-refractivity contribution in [1.29, 1.82) is 0 Å². The van der Waals surface area contributed by atoms with Gasteiger partial charge in [-0.1, -0.05) is 29.3 Å². The van der Waals surface area contributed by atoms with Gasteiger partial charge in [0, 0.05) is 6.54 Å². The van der Waals surface area contributed by atoms with Gasteiger partial charge in [0.2, 0.25) is 5.91 Å². The number of hydrogen-bond acceptors (Lipinski definition) is 3. The van der Waals surface area contributed by atoms with Gasteiger partial charge in [0.1, 0.15) is 10.8 Å². The number of benzene rings is 1. The Balaban J connectivity index is 2.36. The molecule has 6 heteroatoms. The summed E-state index contributed by atoms with van der Waals surface area (Å²) >= 11 is 11.7. The highest BCUT2D eigenvalue weighted by Crippen LogP contribution is 2.31. The van der Waals surface area contributed by atoms with Crippen molar-refractivity contribution in [3.8, 4) is 5.75 Å². The normalized spacial score (nSPS) is 10.1. The molecule has 94 valence electrons. The number of ether oxygens (including phenoxy) is 1. The summed E-state index contributed by atoms with van der Waals surface area (Å²) in [6, 6.07) is 5.06. The molecule has 0 heterocycles. The summed E-state index contributed by atoms with van der Waals surface area (Å²) < 4.78 is 5.33. The van der Waals surface area contributed by atoms with Gasteiger partial charge < -0.3 is 15.2 Å². The van der Waals surface area contributed by atoms with Gasteiger partial charge in [-0.25, -0.2) is 0 Å². The van der Waals surface area contributed by atoms with Gasteiger partial charge in [-0.2, -0.15) is 0 Å². The predicted molar refractivity (Wildman–Crippen MR) is 66.7 cm³/mol. The van der Waals surface area contributed by atoms with E-state index < -0.39 is 0 Å². The van der Waals surface area contributed by atoms with Crippen LogP contribution in [0.15, 0.2) is 18.2 Å². The first kappa shape index (κ1) is 14.1. The number of hydrogen-bond donors (Lipinski definition) is 2. The molecule has 0 atom stereocenters. The highest BCUT2D eigenvalue weighted by atomic mass is 35.5. The number of halogens is 2. The molecule has 17 heavy (non-hydrogen) atoms. The molecular formula is C11H13Cl2NO3. The van der Waals surface area contributed by atoms with Gasteiger partial charge >= 0.3 is 0 Å². The van der Waals surface area contributed by atoms with Crippen LogP contribution < -0.4 is 10.1 Å². The summed E-state index contributed by atoms with van der Waals surface area (Å²) in [5, 5.41) is 11.8. The fourth-order valence-corrected chi connectivity index (χ4v) is 1.48. The van der Waals surface area contributed by atoms with Crippen LogP contribution in [-0.2, 0) is 4.79 Å². The van der Waals surface area contributed by atoms with Crippen LogP contribution >= 0.6 is 23.2 Å². The van der Waals surface area contributed by atoms with Crippen molar-refractivity contribution in [1.82, 2.24) is 5.32 Å². The van der Waals surface area contributed by atoms with Crippen LogP contribution in [0.4, 0.5) is 0 Å². The maximum atomic E-state index is 11.2. The molecule has 2 N–H and O–H groups in total. The van der Waals surface area contributed by atoms with E-state index in [-0.39, 0.29) is 32.1 Å². The first-order valence-corrected chi connectivity index (χ1v) is 5.85. The Morgan fingerprint density at radius 2 is 2.18 bits per heavy atom. The molecule has 0 bridgehead atoms. The lowest BCUT2D eigenvalue weighted by molar-refractivity contribution is -0.121. The standard InChI is InChI=1S/C11H13Cl2NO3/c12-8-2-1-3-9(11(8)13)17-7-4-10(16)14-5-6-15/h1-3,15H,4-7H2,(H,14,16). The molecule has 0 saturated heterocycles. The molecule has 1 aromatic carbocycles. The number of carbonyl (C=O) groups excluding carboxylic acids is 1. The van der Waals surface area contributed by atoms with Crippen LogP contribution in [0.5, 0.6) is 5.75 Å². The Morgan fingerprint density at radius 1 is 1.41 bits per heavy atom. The van der Waals surface area contributed by atoms with E-state index in [2.05, 4.69) is 5.32 Å². The van der Waals surface area contributed by atoms with Gasteiger partial charge in [-0.15, -0.1) is 0 Å². The third kappa shape index (κ3) is 4.81. The fraction of sp³-hybridized carbons (Fsp3) is 0.364. The van der Waals surface area contributed by atoms with Crippen LogP contribution in [0, 0.1) is 0 Å². The highest BCUT2D eigenvalue weighted by molar-refractivity contribution is 6.42. The molecule has 0 fully saturated rings. The monoisotopic (exact) mass is 277 g/mol. The molecule has 0 saturated carbocycles. The molecule has 0 unspecified atom stereocenters. The first-order valence-electron chi connectivity index (χ1n) is 5.09. The largest absolute Gasteiger partial charge is 0.491 e. The number of carbonyl (C=O) groups is 1. The van der Waals surface area contributed by atoms with E-state index in [1.807, 2.05) is 0 Å². The van der Waals surface area contributed by atoms with Crippen molar-refractivity contribution in [3.05, 3.63) is 28.2 Å². The van der Waals surface area contributed by atoms with Crippen molar-refractivity contribution in [2.45, 2.75) is 6.42 Å². The molecule has 0 aliphatic carbocycles. The summed E-state index contributed by atoms with van der Waals surface area (Å²) in [5.74, 6) is 0.270. The molecule has 0 spiro atoms. The highest BCUT2D eigenvalue weighted by Gasteiger charge is 2.06. The van der Waals surface area contributed by atoms with Crippen LogP contribution in [0.25, 0.3) is 0 Å². The van der Waals surface area contributed by atoms with Gasteiger partial charge in [0.05, 0.1) is 24.7 Å². The molecule has 1 aromatic rings. The molecule has 0 aliphatic heterocycles. The summed E-state index contributed by atoms with van der Waals surface area (Å²) in [4.78, 5) is 11.2. The third-order valence-electron chi connectivity index (χ3n) is 1.94. The van der Waals surface area contributed by atoms with Crippen molar-refractivity contribution < 1.29 is 14.6 Å². The average Bonchev–Trinajstić information content (AvgIpc) is 2.32. The van der Waals surface area contributed by atoms with Crippen LogP contribution in [0.1, 0.15) is 6.42 Å². The van der Waals surface area contributed by atoms with Crippen LogP contribution in [-0.4, -0.2) is 30.8 Å². The average molecular weight is 278 g/mol. The minimum Gasteiger partial charge on any atom is -0.491 e. The molecule has 0 radical (unpaired) electrons. The minimum absolute atomic E-state index is 0.0767.